The van der Waals surface area contributed by atoms with Gasteiger partial charge in [0.25, 0.3) is 0 Å². The SMILES string of the molecule is CCc1cc2c(CC)cn(C)c2nc1-c1ccc(C(C)C)nc1OC. The fourth-order valence-electron chi connectivity index (χ4n) is 3.31. The Balaban J connectivity index is 2.26. The predicted molar refractivity (Wildman–Crippen MR) is 103 cm³/mol. The minimum absolute atomic E-state index is 0.365. The highest BCUT2D eigenvalue weighted by Gasteiger charge is 2.17. The van der Waals surface area contributed by atoms with Crippen LogP contribution in [0.25, 0.3) is 22.3 Å². The van der Waals surface area contributed by atoms with Crippen LogP contribution in [0.15, 0.2) is 24.4 Å². The van der Waals surface area contributed by atoms with Gasteiger partial charge in [0, 0.05) is 24.3 Å². The van der Waals surface area contributed by atoms with Gasteiger partial charge in [-0.05, 0) is 48.1 Å². The lowest BCUT2D eigenvalue weighted by molar-refractivity contribution is 0.397. The van der Waals surface area contributed by atoms with Crippen molar-refractivity contribution in [2.24, 2.45) is 7.05 Å². The van der Waals surface area contributed by atoms with Crippen LogP contribution in [0.5, 0.6) is 5.88 Å². The fraction of sp³-hybridized carbons (Fsp3) is 0.429. The Morgan fingerprint density at radius 2 is 1.80 bits per heavy atom. The quantitative estimate of drug-likeness (QED) is 0.665. The summed E-state index contributed by atoms with van der Waals surface area (Å²) in [7, 11) is 3.74. The molecule has 4 nitrogen and oxygen atoms in total. The summed E-state index contributed by atoms with van der Waals surface area (Å²) in [6.07, 6.45) is 4.11. The molecule has 132 valence electrons. The molecule has 0 N–H and O–H groups in total. The Morgan fingerprint density at radius 1 is 1.08 bits per heavy atom. The van der Waals surface area contributed by atoms with Crippen molar-refractivity contribution in [2.75, 3.05) is 7.11 Å². The molecule has 0 aromatic carbocycles. The van der Waals surface area contributed by atoms with Crippen molar-refractivity contribution in [2.45, 2.75) is 46.5 Å². The van der Waals surface area contributed by atoms with E-state index in [0.29, 0.717) is 11.8 Å². The summed E-state index contributed by atoms with van der Waals surface area (Å²) in [5.41, 5.74) is 6.55. The van der Waals surface area contributed by atoms with Crippen LogP contribution in [0.4, 0.5) is 0 Å². The van der Waals surface area contributed by atoms with Gasteiger partial charge in [-0.3, -0.25) is 0 Å². The molecule has 0 aliphatic heterocycles. The molecule has 0 atom stereocenters. The van der Waals surface area contributed by atoms with Crippen LogP contribution < -0.4 is 4.74 Å². The third-order valence-electron chi connectivity index (χ3n) is 4.79. The number of aromatic nitrogens is 3. The number of fused-ring (bicyclic) bond motifs is 1. The van der Waals surface area contributed by atoms with E-state index in [1.807, 2.05) is 0 Å². The molecule has 0 radical (unpaired) electrons. The van der Waals surface area contributed by atoms with Gasteiger partial charge in [-0.25, -0.2) is 9.97 Å². The van der Waals surface area contributed by atoms with Crippen LogP contribution in [0.2, 0.25) is 0 Å². The van der Waals surface area contributed by atoms with Gasteiger partial charge >= 0.3 is 0 Å². The molecule has 0 spiro atoms. The topological polar surface area (TPSA) is 39.9 Å². The third-order valence-corrected chi connectivity index (χ3v) is 4.79. The highest BCUT2D eigenvalue weighted by atomic mass is 16.5. The van der Waals surface area contributed by atoms with E-state index in [0.717, 1.165) is 35.4 Å². The maximum atomic E-state index is 5.60. The van der Waals surface area contributed by atoms with Crippen molar-refractivity contribution in [3.8, 4) is 17.1 Å². The fourth-order valence-corrected chi connectivity index (χ4v) is 3.31. The first-order chi connectivity index (χ1) is 12.0. The van der Waals surface area contributed by atoms with Gasteiger partial charge in [0.1, 0.15) is 5.65 Å². The van der Waals surface area contributed by atoms with E-state index in [1.54, 1.807) is 7.11 Å². The second kappa shape index (κ2) is 6.87. The van der Waals surface area contributed by atoms with Gasteiger partial charge in [0.15, 0.2) is 0 Å². The average molecular weight is 337 g/mol. The normalized spacial score (nSPS) is 11.5. The molecule has 25 heavy (non-hydrogen) atoms. The van der Waals surface area contributed by atoms with Crippen molar-refractivity contribution < 1.29 is 4.74 Å². The lowest BCUT2D eigenvalue weighted by Crippen LogP contribution is -2.01. The first kappa shape index (κ1) is 17.5. The Bertz CT molecular complexity index is 909. The summed E-state index contributed by atoms with van der Waals surface area (Å²) in [6.45, 7) is 8.63. The van der Waals surface area contributed by atoms with Crippen molar-refractivity contribution in [1.82, 2.24) is 14.5 Å². The number of nitrogens with zero attached hydrogens (tertiary/aromatic N) is 3. The minimum atomic E-state index is 0.365. The van der Waals surface area contributed by atoms with E-state index < -0.39 is 0 Å². The minimum Gasteiger partial charge on any atom is -0.480 e. The van der Waals surface area contributed by atoms with Gasteiger partial charge < -0.3 is 9.30 Å². The number of aryl methyl sites for hydroxylation is 3. The molecule has 0 aliphatic rings. The molecule has 3 aromatic rings. The smallest absolute Gasteiger partial charge is 0.222 e. The predicted octanol–water partition coefficient (Wildman–Crippen LogP) is 4.89. The summed E-state index contributed by atoms with van der Waals surface area (Å²) < 4.78 is 7.71. The van der Waals surface area contributed by atoms with Crippen molar-refractivity contribution in [1.29, 1.82) is 0 Å². The molecule has 0 saturated heterocycles. The molecule has 3 rings (SSSR count). The van der Waals surface area contributed by atoms with E-state index in [1.165, 1.54) is 16.5 Å². The van der Waals surface area contributed by atoms with Crippen LogP contribution in [-0.4, -0.2) is 21.6 Å². The summed E-state index contributed by atoms with van der Waals surface area (Å²) in [4.78, 5) is 9.71. The Morgan fingerprint density at radius 3 is 2.40 bits per heavy atom. The molecule has 3 heterocycles. The molecular formula is C21H27N3O. The number of hydrogen-bond donors (Lipinski definition) is 0. The molecule has 0 aliphatic carbocycles. The summed E-state index contributed by atoms with van der Waals surface area (Å²) in [6, 6.07) is 6.46. The van der Waals surface area contributed by atoms with E-state index >= 15 is 0 Å². The zero-order valence-electron chi connectivity index (χ0n) is 16.1. The molecule has 0 bridgehead atoms. The van der Waals surface area contributed by atoms with Gasteiger partial charge in [-0.1, -0.05) is 27.7 Å². The lowest BCUT2D eigenvalue weighted by Gasteiger charge is -2.14. The van der Waals surface area contributed by atoms with E-state index in [9.17, 15) is 0 Å². The van der Waals surface area contributed by atoms with Gasteiger partial charge in [0.05, 0.1) is 18.4 Å². The molecule has 0 unspecified atom stereocenters. The van der Waals surface area contributed by atoms with Crippen LogP contribution in [0, 0.1) is 0 Å². The Kier molecular flexibility index (Phi) is 4.80. The zero-order valence-corrected chi connectivity index (χ0v) is 16.1. The number of rotatable bonds is 5. The number of methoxy groups -OCH3 is 1. The average Bonchev–Trinajstić information content (AvgIpc) is 2.95. The third kappa shape index (κ3) is 3.01. The molecule has 3 aromatic heterocycles. The van der Waals surface area contributed by atoms with Crippen LogP contribution in [0.3, 0.4) is 0 Å². The van der Waals surface area contributed by atoms with Gasteiger partial charge in [-0.2, -0.15) is 0 Å². The highest BCUT2D eigenvalue weighted by Crippen LogP contribution is 2.34. The number of hydrogen-bond acceptors (Lipinski definition) is 3. The first-order valence-electron chi connectivity index (χ1n) is 9.03. The second-order valence-electron chi connectivity index (χ2n) is 6.79. The largest absolute Gasteiger partial charge is 0.480 e. The summed E-state index contributed by atoms with van der Waals surface area (Å²) in [5, 5.41) is 1.25. The van der Waals surface area contributed by atoms with E-state index in [-0.39, 0.29) is 0 Å². The Hall–Kier alpha value is -2.36. The van der Waals surface area contributed by atoms with Crippen molar-refractivity contribution >= 4 is 11.0 Å². The highest BCUT2D eigenvalue weighted by molar-refractivity contribution is 5.85. The van der Waals surface area contributed by atoms with E-state index in [4.69, 9.17) is 14.7 Å². The molecule has 0 fully saturated rings. The van der Waals surface area contributed by atoms with E-state index in [2.05, 4.69) is 63.7 Å². The lowest BCUT2D eigenvalue weighted by atomic mass is 10.0. The van der Waals surface area contributed by atoms with Crippen LogP contribution >= 0.6 is 0 Å². The zero-order chi connectivity index (χ0) is 18.1. The van der Waals surface area contributed by atoms with Crippen molar-refractivity contribution in [3.63, 3.8) is 0 Å². The maximum Gasteiger partial charge on any atom is 0.222 e. The van der Waals surface area contributed by atoms with Crippen molar-refractivity contribution in [3.05, 3.63) is 41.2 Å². The monoisotopic (exact) mass is 337 g/mol. The molecular weight excluding hydrogens is 310 g/mol. The van der Waals surface area contributed by atoms with Crippen LogP contribution in [0.1, 0.15) is 50.4 Å². The maximum absolute atomic E-state index is 5.60. The van der Waals surface area contributed by atoms with Gasteiger partial charge in [-0.15, -0.1) is 0 Å². The van der Waals surface area contributed by atoms with Crippen LogP contribution in [-0.2, 0) is 19.9 Å². The summed E-state index contributed by atoms with van der Waals surface area (Å²) >= 11 is 0. The van der Waals surface area contributed by atoms with Gasteiger partial charge in [0.2, 0.25) is 5.88 Å². The standard InChI is InChI=1S/C21H27N3O/c1-7-14-11-17-15(8-2)12-24(5)20(17)23-19(14)16-9-10-18(13(3)4)22-21(16)25-6/h9-13H,7-8H2,1-6H3. The Labute approximate surface area is 149 Å². The number of ether oxygens (including phenoxy) is 1. The summed E-state index contributed by atoms with van der Waals surface area (Å²) in [5.74, 6) is 1.02. The molecule has 0 amide bonds. The number of pyridine rings is 2. The molecule has 4 heteroatoms. The molecule has 0 saturated carbocycles. The first-order valence-corrected chi connectivity index (χ1v) is 9.03. The second-order valence-corrected chi connectivity index (χ2v) is 6.79.